The fourth-order valence-corrected chi connectivity index (χ4v) is 2.56. The highest BCUT2D eigenvalue weighted by atomic mass is 79.9. The zero-order valence-electron chi connectivity index (χ0n) is 13.3. The van der Waals surface area contributed by atoms with E-state index in [1.165, 1.54) is 0 Å². The Balaban J connectivity index is 2.24. The topological polar surface area (TPSA) is 58.6 Å². The van der Waals surface area contributed by atoms with Gasteiger partial charge in [0.05, 0.1) is 11.1 Å². The maximum atomic E-state index is 11.9. The first kappa shape index (κ1) is 19.0. The third kappa shape index (κ3) is 7.27. The molecule has 0 unspecified atom stereocenters. The lowest BCUT2D eigenvalue weighted by Crippen LogP contribution is -2.36. The summed E-state index contributed by atoms with van der Waals surface area (Å²) in [4.78, 5) is 11.9. The predicted molar refractivity (Wildman–Crippen MR) is 92.0 cm³/mol. The average Bonchev–Trinajstić information content (AvgIpc) is 2.52. The smallest absolute Gasteiger partial charge is 0.220 e. The first-order valence-corrected chi connectivity index (χ1v) is 8.63. The molecule has 0 bridgehead atoms. The van der Waals surface area contributed by atoms with Crippen LogP contribution in [0.2, 0.25) is 0 Å². The molecule has 0 aliphatic heterocycles. The lowest BCUT2D eigenvalue weighted by molar-refractivity contribution is -0.122. The highest BCUT2D eigenvalue weighted by Gasteiger charge is 2.13. The second kappa shape index (κ2) is 10.6. The van der Waals surface area contributed by atoms with Gasteiger partial charge in [-0.1, -0.05) is 26.0 Å². The van der Waals surface area contributed by atoms with Crippen LogP contribution in [-0.2, 0) is 4.79 Å². The molecular formula is C17H26BrNO3. The molecule has 1 amide bonds. The molecule has 1 rings (SSSR count). The van der Waals surface area contributed by atoms with E-state index in [0.29, 0.717) is 19.4 Å². The number of hydrogen-bond acceptors (Lipinski definition) is 3. The minimum Gasteiger partial charge on any atom is -0.492 e. The van der Waals surface area contributed by atoms with E-state index in [-0.39, 0.29) is 24.5 Å². The van der Waals surface area contributed by atoms with Crippen molar-refractivity contribution in [3.8, 4) is 5.75 Å². The maximum absolute atomic E-state index is 11.9. The number of amides is 1. The first-order valence-electron chi connectivity index (χ1n) is 7.84. The van der Waals surface area contributed by atoms with Crippen LogP contribution in [0.3, 0.4) is 0 Å². The summed E-state index contributed by atoms with van der Waals surface area (Å²) in [6.45, 7) is 4.71. The largest absolute Gasteiger partial charge is 0.492 e. The molecule has 1 aromatic carbocycles. The van der Waals surface area contributed by atoms with Crippen molar-refractivity contribution in [1.82, 2.24) is 5.32 Å². The molecule has 22 heavy (non-hydrogen) atoms. The normalized spacial score (nSPS) is 13.5. The van der Waals surface area contributed by atoms with Crippen LogP contribution in [0.25, 0.3) is 0 Å². The van der Waals surface area contributed by atoms with Gasteiger partial charge < -0.3 is 15.2 Å². The van der Waals surface area contributed by atoms with Gasteiger partial charge in [0.1, 0.15) is 5.75 Å². The zero-order valence-corrected chi connectivity index (χ0v) is 14.9. The number of aliphatic hydroxyl groups is 1. The molecule has 0 aliphatic rings. The van der Waals surface area contributed by atoms with E-state index in [4.69, 9.17) is 9.84 Å². The summed E-state index contributed by atoms with van der Waals surface area (Å²) >= 11 is 3.42. The predicted octanol–water partition coefficient (Wildman–Crippen LogP) is 3.52. The molecule has 0 aromatic heterocycles. The number of hydrogen-bond donors (Lipinski definition) is 2. The van der Waals surface area contributed by atoms with E-state index in [1.807, 2.05) is 38.1 Å². The van der Waals surface area contributed by atoms with Gasteiger partial charge >= 0.3 is 0 Å². The monoisotopic (exact) mass is 371 g/mol. The number of carbonyl (C=O) groups is 1. The van der Waals surface area contributed by atoms with Crippen LogP contribution in [0.1, 0.15) is 39.5 Å². The van der Waals surface area contributed by atoms with Crippen LogP contribution < -0.4 is 10.1 Å². The van der Waals surface area contributed by atoms with Crippen molar-refractivity contribution >= 4 is 21.8 Å². The van der Waals surface area contributed by atoms with Gasteiger partial charge in [0.2, 0.25) is 5.91 Å². The third-order valence-electron chi connectivity index (χ3n) is 3.50. The number of rotatable bonds is 10. The Morgan fingerprint density at radius 2 is 2.14 bits per heavy atom. The lowest BCUT2D eigenvalue weighted by Gasteiger charge is -2.20. The zero-order chi connectivity index (χ0) is 16.4. The highest BCUT2D eigenvalue weighted by Crippen LogP contribution is 2.23. The quantitative estimate of drug-likeness (QED) is 0.618. The molecule has 0 fully saturated rings. The number of nitrogens with one attached hydrogen (secondary N) is 1. The van der Waals surface area contributed by atoms with Crippen molar-refractivity contribution in [3.63, 3.8) is 0 Å². The molecule has 5 heteroatoms. The Labute approximate surface area is 141 Å². The third-order valence-corrected chi connectivity index (χ3v) is 4.15. The van der Waals surface area contributed by atoms with E-state index in [2.05, 4.69) is 21.2 Å². The summed E-state index contributed by atoms with van der Waals surface area (Å²) in [5.74, 6) is 1.06. The van der Waals surface area contributed by atoms with Gasteiger partial charge in [-0.15, -0.1) is 0 Å². The van der Waals surface area contributed by atoms with Crippen molar-refractivity contribution < 1.29 is 14.6 Å². The van der Waals surface area contributed by atoms with Gasteiger partial charge in [0.25, 0.3) is 0 Å². The van der Waals surface area contributed by atoms with E-state index in [9.17, 15) is 4.79 Å². The number of carbonyl (C=O) groups excluding carboxylic acids is 1. The Morgan fingerprint density at radius 1 is 1.41 bits per heavy atom. The Morgan fingerprint density at radius 3 is 2.77 bits per heavy atom. The van der Waals surface area contributed by atoms with Crippen molar-refractivity contribution in [2.45, 2.75) is 45.6 Å². The van der Waals surface area contributed by atoms with Crippen molar-refractivity contribution in [1.29, 1.82) is 0 Å². The molecule has 2 N–H and O–H groups in total. The molecule has 124 valence electrons. The molecule has 0 radical (unpaired) electrons. The fourth-order valence-electron chi connectivity index (χ4n) is 2.16. The number of para-hydroxylation sites is 1. The molecule has 0 aliphatic carbocycles. The Kier molecular flexibility index (Phi) is 9.16. The second-order valence-corrected chi connectivity index (χ2v) is 6.43. The summed E-state index contributed by atoms with van der Waals surface area (Å²) in [6, 6.07) is 7.81. The summed E-state index contributed by atoms with van der Waals surface area (Å²) in [6.07, 6.45) is 2.82. The number of halogens is 1. The standard InChI is InChI=1S/C17H26BrNO3/c1-3-14(11-13(2)12-20)19-17(21)9-6-10-22-16-8-5-4-7-15(16)18/h4-5,7-8,13-14,20H,3,6,9-12H2,1-2H3,(H,19,21)/t13-,14+/m1/s1. The van der Waals surface area contributed by atoms with Gasteiger partial charge in [-0.2, -0.15) is 0 Å². The molecule has 0 heterocycles. The highest BCUT2D eigenvalue weighted by molar-refractivity contribution is 9.10. The van der Waals surface area contributed by atoms with Crippen LogP contribution in [0, 0.1) is 5.92 Å². The van der Waals surface area contributed by atoms with Crippen LogP contribution in [-0.4, -0.2) is 30.3 Å². The van der Waals surface area contributed by atoms with Crippen molar-refractivity contribution in [3.05, 3.63) is 28.7 Å². The number of ether oxygens (including phenoxy) is 1. The van der Waals surface area contributed by atoms with Gasteiger partial charge in [0, 0.05) is 19.1 Å². The van der Waals surface area contributed by atoms with Gasteiger partial charge in [-0.3, -0.25) is 4.79 Å². The minimum absolute atomic E-state index is 0.0488. The first-order chi connectivity index (χ1) is 10.6. The molecule has 4 nitrogen and oxygen atoms in total. The summed E-state index contributed by atoms with van der Waals surface area (Å²) in [7, 11) is 0. The van der Waals surface area contributed by atoms with Gasteiger partial charge in [-0.25, -0.2) is 0 Å². The lowest BCUT2D eigenvalue weighted by atomic mass is 10.0. The SMILES string of the molecule is CC[C@@H](C[C@@H](C)CO)NC(=O)CCCOc1ccccc1Br. The Bertz CT molecular complexity index is 453. The van der Waals surface area contributed by atoms with Crippen LogP contribution in [0.15, 0.2) is 28.7 Å². The van der Waals surface area contributed by atoms with Gasteiger partial charge in [0.15, 0.2) is 0 Å². The van der Waals surface area contributed by atoms with Crippen molar-refractivity contribution in [2.75, 3.05) is 13.2 Å². The van der Waals surface area contributed by atoms with E-state index < -0.39 is 0 Å². The number of aliphatic hydroxyl groups excluding tert-OH is 1. The summed E-state index contributed by atoms with van der Waals surface area (Å²) < 4.78 is 6.56. The average molecular weight is 372 g/mol. The fraction of sp³-hybridized carbons (Fsp3) is 0.588. The molecular weight excluding hydrogens is 346 g/mol. The molecule has 0 spiro atoms. The molecule has 2 atom stereocenters. The summed E-state index contributed by atoms with van der Waals surface area (Å²) in [5, 5.41) is 12.1. The van der Waals surface area contributed by atoms with Gasteiger partial charge in [-0.05, 0) is 53.2 Å². The minimum atomic E-state index is 0.0488. The summed E-state index contributed by atoms with van der Waals surface area (Å²) in [5.41, 5.74) is 0. The molecule has 0 saturated carbocycles. The maximum Gasteiger partial charge on any atom is 0.220 e. The second-order valence-electron chi connectivity index (χ2n) is 5.58. The van der Waals surface area contributed by atoms with E-state index >= 15 is 0 Å². The van der Waals surface area contributed by atoms with E-state index in [0.717, 1.165) is 23.1 Å². The number of benzene rings is 1. The van der Waals surface area contributed by atoms with Crippen molar-refractivity contribution in [2.24, 2.45) is 5.92 Å². The van der Waals surface area contributed by atoms with Crippen LogP contribution in [0.4, 0.5) is 0 Å². The Hall–Kier alpha value is -1.07. The van der Waals surface area contributed by atoms with E-state index in [1.54, 1.807) is 0 Å². The van der Waals surface area contributed by atoms with Crippen LogP contribution in [0.5, 0.6) is 5.75 Å². The molecule has 1 aromatic rings. The molecule has 0 saturated heterocycles. The van der Waals surface area contributed by atoms with Crippen LogP contribution >= 0.6 is 15.9 Å².